The monoisotopic (exact) mass is 440 g/mol. The van der Waals surface area contributed by atoms with E-state index in [-0.39, 0.29) is 0 Å². The van der Waals surface area contributed by atoms with E-state index < -0.39 is 36.8 Å². The first-order valence-corrected chi connectivity index (χ1v) is 27.7. The fraction of sp³-hybridized carbons (Fsp3) is 1.00. The minimum absolute atomic E-state index is 0.663. The van der Waals surface area contributed by atoms with Crippen LogP contribution in [0.1, 0.15) is 26.7 Å². The summed E-state index contributed by atoms with van der Waals surface area (Å²) in [5, 5.41) is 0. The van der Waals surface area contributed by atoms with E-state index in [9.17, 15) is 0 Å². The Kier molecular flexibility index (Phi) is 4.83. The maximum absolute atomic E-state index is 2.66. The van der Waals surface area contributed by atoms with Crippen molar-refractivity contribution in [2.24, 2.45) is 11.3 Å². The molecular formula is C14H32Sn2. The Balaban J connectivity index is 2.87. The molecule has 2 heteroatoms. The molecule has 0 aliphatic heterocycles. The fourth-order valence-corrected chi connectivity index (χ4v) is 24.0. The fourth-order valence-electron chi connectivity index (χ4n) is 4.40. The average molecular weight is 438 g/mol. The first kappa shape index (κ1) is 15.7. The predicted molar refractivity (Wildman–Crippen MR) is 81.8 cm³/mol. The molecule has 0 aromatic carbocycles. The van der Waals surface area contributed by atoms with Crippen molar-refractivity contribution in [3.05, 3.63) is 0 Å². The molecule has 0 saturated heterocycles. The Bertz CT molecular complexity index is 242. The van der Waals surface area contributed by atoms with Crippen LogP contribution in [0.15, 0.2) is 0 Å². The van der Waals surface area contributed by atoms with Gasteiger partial charge >= 0.3 is 113 Å². The molecule has 96 valence electrons. The van der Waals surface area contributed by atoms with Gasteiger partial charge < -0.3 is 0 Å². The molecule has 0 nitrogen and oxygen atoms in total. The second-order valence-electron chi connectivity index (χ2n) is 8.90. The van der Waals surface area contributed by atoms with E-state index in [1.54, 1.807) is 10.9 Å². The van der Waals surface area contributed by atoms with Crippen LogP contribution < -0.4 is 0 Å². The molecule has 1 aliphatic carbocycles. The van der Waals surface area contributed by atoms with Gasteiger partial charge in [0.1, 0.15) is 0 Å². The molecule has 16 heavy (non-hydrogen) atoms. The topological polar surface area (TPSA) is 0 Å². The average Bonchev–Trinajstić information content (AvgIpc) is 2.20. The van der Waals surface area contributed by atoms with Crippen LogP contribution >= 0.6 is 0 Å². The summed E-state index contributed by atoms with van der Waals surface area (Å²) >= 11 is -3.33. The number of rotatable bonds is 3. The van der Waals surface area contributed by atoms with Gasteiger partial charge in [0.25, 0.3) is 0 Å². The van der Waals surface area contributed by atoms with Crippen LogP contribution in [0.3, 0.4) is 0 Å². The van der Waals surface area contributed by atoms with Crippen molar-refractivity contribution >= 4 is 36.8 Å². The molecule has 0 N–H and O–H groups in total. The van der Waals surface area contributed by atoms with Crippen molar-refractivity contribution < 1.29 is 0 Å². The van der Waals surface area contributed by atoms with Gasteiger partial charge in [0.2, 0.25) is 0 Å². The summed E-state index contributed by atoms with van der Waals surface area (Å²) in [6.07, 6.45) is 3.04. The Hall–Kier alpha value is 1.60. The maximum atomic E-state index is 2.66. The molecule has 0 aromatic rings. The second-order valence-corrected chi connectivity index (χ2v) is 40.0. The zero-order valence-corrected chi connectivity index (χ0v) is 18.5. The van der Waals surface area contributed by atoms with E-state index in [1.807, 2.05) is 0 Å². The molecule has 0 spiro atoms. The molecule has 0 radical (unpaired) electrons. The van der Waals surface area contributed by atoms with Gasteiger partial charge in [0.15, 0.2) is 0 Å². The molecule has 0 heterocycles. The minimum atomic E-state index is -1.74. The van der Waals surface area contributed by atoms with Crippen LogP contribution in [0, 0.1) is 11.3 Å². The summed E-state index contributed by atoms with van der Waals surface area (Å²) in [6, 6.07) is 0. The molecule has 2 atom stereocenters. The molecule has 1 saturated carbocycles. The SMILES string of the molecule is CC1(C)CC[C@@H]([CH2][Sn]([CH3])([CH3])[CH3])[C@@H]1[Sn]([CH3])([CH3])[CH3]. The van der Waals surface area contributed by atoms with Crippen LogP contribution in [0.25, 0.3) is 0 Å². The van der Waals surface area contributed by atoms with Crippen molar-refractivity contribution in [3.63, 3.8) is 0 Å². The first-order valence-electron chi connectivity index (χ1n) is 6.93. The molecule has 1 fully saturated rings. The number of hydrogen-bond donors (Lipinski definition) is 0. The zero-order valence-electron chi connectivity index (χ0n) is 12.8. The molecule has 0 unspecified atom stereocenters. The van der Waals surface area contributed by atoms with Crippen LogP contribution in [0.2, 0.25) is 38.0 Å². The molecule has 1 rings (SSSR count). The zero-order chi connectivity index (χ0) is 12.8. The van der Waals surface area contributed by atoms with E-state index in [1.165, 1.54) is 6.42 Å². The van der Waals surface area contributed by atoms with Crippen molar-refractivity contribution in [2.45, 2.75) is 64.7 Å². The van der Waals surface area contributed by atoms with Crippen molar-refractivity contribution in [3.8, 4) is 0 Å². The Morgan fingerprint density at radius 2 is 1.50 bits per heavy atom. The first-order chi connectivity index (χ1) is 6.93. The summed E-state index contributed by atoms with van der Waals surface area (Å²) in [5.74, 6) is 1.11. The van der Waals surface area contributed by atoms with Gasteiger partial charge in [-0.15, -0.1) is 0 Å². The van der Waals surface area contributed by atoms with Crippen molar-refractivity contribution in [1.29, 1.82) is 0 Å². The predicted octanol–water partition coefficient (Wildman–Crippen LogP) is 5.47. The molecule has 0 bridgehead atoms. The third-order valence-corrected chi connectivity index (χ3v) is 18.2. The van der Waals surface area contributed by atoms with E-state index in [0.29, 0.717) is 5.41 Å². The van der Waals surface area contributed by atoms with Gasteiger partial charge in [-0.25, -0.2) is 0 Å². The molecule has 0 aromatic heterocycles. The Morgan fingerprint density at radius 1 is 1.00 bits per heavy atom. The summed E-state index contributed by atoms with van der Waals surface area (Å²) in [6.45, 7) is 5.11. The van der Waals surface area contributed by atoms with Crippen molar-refractivity contribution in [2.75, 3.05) is 0 Å². The van der Waals surface area contributed by atoms with Crippen molar-refractivity contribution in [1.82, 2.24) is 0 Å². The van der Waals surface area contributed by atoms with E-state index in [0.717, 1.165) is 9.85 Å². The quantitative estimate of drug-likeness (QED) is 0.514. The van der Waals surface area contributed by atoms with Gasteiger partial charge in [-0.2, -0.15) is 0 Å². The summed E-state index contributed by atoms with van der Waals surface area (Å²) in [7, 11) is 0. The summed E-state index contributed by atoms with van der Waals surface area (Å²) < 4.78 is 2.79. The Morgan fingerprint density at radius 3 is 1.88 bits per heavy atom. The molecule has 0 amide bonds. The normalized spacial score (nSPS) is 30.8. The van der Waals surface area contributed by atoms with Crippen LogP contribution in [-0.2, 0) is 0 Å². The van der Waals surface area contributed by atoms with Crippen LogP contribution in [0.4, 0.5) is 0 Å². The van der Waals surface area contributed by atoms with Gasteiger partial charge in [0, 0.05) is 0 Å². The second kappa shape index (κ2) is 4.94. The number of hydrogen-bond acceptors (Lipinski definition) is 0. The van der Waals surface area contributed by atoms with Gasteiger partial charge in [-0.3, -0.25) is 0 Å². The van der Waals surface area contributed by atoms with E-state index in [2.05, 4.69) is 43.5 Å². The van der Waals surface area contributed by atoms with Crippen LogP contribution in [0.5, 0.6) is 0 Å². The van der Waals surface area contributed by atoms with E-state index >= 15 is 0 Å². The van der Waals surface area contributed by atoms with Crippen LogP contribution in [-0.4, -0.2) is 36.8 Å². The van der Waals surface area contributed by atoms with Gasteiger partial charge in [0.05, 0.1) is 0 Å². The summed E-state index contributed by atoms with van der Waals surface area (Å²) in [5.41, 5.74) is 0.663. The van der Waals surface area contributed by atoms with Gasteiger partial charge in [-0.05, 0) is 0 Å². The summed E-state index contributed by atoms with van der Waals surface area (Å²) in [4.78, 5) is 15.9. The molecule has 1 aliphatic rings. The Labute approximate surface area is 112 Å². The van der Waals surface area contributed by atoms with Gasteiger partial charge in [-0.1, -0.05) is 0 Å². The standard InChI is InChI=1S/C8H14.6CH3.2Sn/c1-7-4-5-8(2,3)6-7;;;;;;;;/h6-7H,1,4-5H2,2-3H3;6*1H3;;/t7-;;;;;;;;/m1......../s1. The van der Waals surface area contributed by atoms with E-state index in [4.69, 9.17) is 0 Å². The third-order valence-electron chi connectivity index (χ3n) is 4.28. The molecular weight excluding hydrogens is 406 g/mol. The third kappa shape index (κ3) is 4.06.